The van der Waals surface area contributed by atoms with Crippen LogP contribution in [0.15, 0.2) is 48.7 Å². The molecule has 1 amide bonds. The highest BCUT2D eigenvalue weighted by Gasteiger charge is 2.43. The van der Waals surface area contributed by atoms with Gasteiger partial charge in [0.05, 0.1) is 6.17 Å². The smallest absolute Gasteiger partial charge is 0.257 e. The van der Waals surface area contributed by atoms with Crippen molar-refractivity contribution in [2.24, 2.45) is 0 Å². The Hall–Kier alpha value is -2.44. The van der Waals surface area contributed by atoms with Crippen LogP contribution in [0.3, 0.4) is 0 Å². The Morgan fingerprint density at radius 2 is 1.74 bits per heavy atom. The van der Waals surface area contributed by atoms with Gasteiger partial charge in [-0.15, -0.1) is 0 Å². The average Bonchev–Trinajstić information content (AvgIpc) is 3.01. The largest absolute Gasteiger partial charge is 0.354 e. The minimum Gasteiger partial charge on any atom is -0.354 e. The molecule has 2 aromatic rings. The van der Waals surface area contributed by atoms with Gasteiger partial charge in [-0.25, -0.2) is 4.98 Å². The first kappa shape index (κ1) is 17.9. The molecule has 2 aliphatic heterocycles. The standard InChI is InChI=1S/C21H27N5O/c1-16(23(2)3)26-20(17-8-4-5-9-18(17)21(26)27)25-14-12-24(13-15-25)19-10-6-7-11-22-19/h4-11,16,20H,12-15H2,1-3H3. The zero-order chi connectivity index (χ0) is 19.0. The Bertz CT molecular complexity index is 801. The number of amides is 1. The number of fused-ring (bicyclic) bond motifs is 1. The van der Waals surface area contributed by atoms with Crippen LogP contribution in [0.1, 0.15) is 29.0 Å². The fraction of sp³-hybridized carbons (Fsp3) is 0.429. The molecule has 0 aliphatic carbocycles. The van der Waals surface area contributed by atoms with Gasteiger partial charge < -0.3 is 9.80 Å². The van der Waals surface area contributed by atoms with Gasteiger partial charge in [-0.3, -0.25) is 14.6 Å². The summed E-state index contributed by atoms with van der Waals surface area (Å²) in [5, 5.41) is 0. The van der Waals surface area contributed by atoms with Crippen molar-refractivity contribution in [1.29, 1.82) is 0 Å². The van der Waals surface area contributed by atoms with Crippen LogP contribution in [0.5, 0.6) is 0 Å². The number of carbonyl (C=O) groups is 1. The highest BCUT2D eigenvalue weighted by Crippen LogP contribution is 2.38. The fourth-order valence-corrected chi connectivity index (χ4v) is 4.05. The van der Waals surface area contributed by atoms with Gasteiger partial charge in [-0.2, -0.15) is 0 Å². The molecule has 2 unspecified atom stereocenters. The van der Waals surface area contributed by atoms with Crippen molar-refractivity contribution in [3.8, 4) is 0 Å². The number of hydrogen-bond donors (Lipinski definition) is 0. The molecule has 6 nitrogen and oxygen atoms in total. The van der Waals surface area contributed by atoms with E-state index in [2.05, 4.69) is 38.7 Å². The van der Waals surface area contributed by atoms with Crippen molar-refractivity contribution < 1.29 is 4.79 Å². The minimum absolute atomic E-state index is 0.00279. The summed E-state index contributed by atoms with van der Waals surface area (Å²) >= 11 is 0. The van der Waals surface area contributed by atoms with Crippen molar-refractivity contribution in [2.45, 2.75) is 19.3 Å². The topological polar surface area (TPSA) is 42.9 Å². The number of pyridine rings is 1. The van der Waals surface area contributed by atoms with E-state index in [-0.39, 0.29) is 18.2 Å². The van der Waals surface area contributed by atoms with Crippen LogP contribution < -0.4 is 4.90 Å². The third-order valence-electron chi connectivity index (χ3n) is 5.75. The summed E-state index contributed by atoms with van der Waals surface area (Å²) < 4.78 is 0. The van der Waals surface area contributed by atoms with E-state index < -0.39 is 0 Å². The number of aromatic nitrogens is 1. The Morgan fingerprint density at radius 1 is 1.04 bits per heavy atom. The normalized spacial score (nSPS) is 21.6. The molecule has 0 radical (unpaired) electrons. The molecule has 3 heterocycles. The van der Waals surface area contributed by atoms with E-state index in [0.717, 1.165) is 43.1 Å². The van der Waals surface area contributed by atoms with Crippen LogP contribution in [0, 0.1) is 0 Å². The number of anilines is 1. The van der Waals surface area contributed by atoms with E-state index in [1.54, 1.807) is 0 Å². The van der Waals surface area contributed by atoms with Crippen molar-refractivity contribution in [3.05, 3.63) is 59.8 Å². The van der Waals surface area contributed by atoms with Crippen LogP contribution in [0.4, 0.5) is 5.82 Å². The molecular weight excluding hydrogens is 338 g/mol. The van der Waals surface area contributed by atoms with E-state index in [0.29, 0.717) is 0 Å². The van der Waals surface area contributed by atoms with E-state index in [1.807, 2.05) is 55.5 Å². The summed E-state index contributed by atoms with van der Waals surface area (Å²) in [6.07, 6.45) is 1.87. The van der Waals surface area contributed by atoms with E-state index in [1.165, 1.54) is 0 Å². The third kappa shape index (κ3) is 3.19. The summed E-state index contributed by atoms with van der Waals surface area (Å²) in [6.45, 7) is 5.72. The maximum Gasteiger partial charge on any atom is 0.257 e. The third-order valence-corrected chi connectivity index (χ3v) is 5.75. The molecule has 0 saturated carbocycles. The summed E-state index contributed by atoms with van der Waals surface area (Å²) in [7, 11) is 4.05. The number of carbonyl (C=O) groups excluding carboxylic acids is 1. The second-order valence-electron chi connectivity index (χ2n) is 7.48. The van der Waals surface area contributed by atoms with E-state index in [9.17, 15) is 4.79 Å². The maximum atomic E-state index is 13.1. The van der Waals surface area contributed by atoms with Crippen LogP contribution >= 0.6 is 0 Å². The molecule has 0 bridgehead atoms. The van der Waals surface area contributed by atoms with Gasteiger partial charge in [-0.1, -0.05) is 24.3 Å². The lowest BCUT2D eigenvalue weighted by Crippen LogP contribution is -2.54. The molecule has 1 saturated heterocycles. The van der Waals surface area contributed by atoms with Gasteiger partial charge in [0.25, 0.3) is 5.91 Å². The van der Waals surface area contributed by atoms with Crippen molar-refractivity contribution in [3.63, 3.8) is 0 Å². The quantitative estimate of drug-likeness (QED) is 0.832. The fourth-order valence-electron chi connectivity index (χ4n) is 4.05. The summed E-state index contributed by atoms with van der Waals surface area (Å²) in [4.78, 5) is 26.5. The number of benzene rings is 1. The van der Waals surface area contributed by atoms with E-state index >= 15 is 0 Å². The lowest BCUT2D eigenvalue weighted by atomic mass is 10.1. The molecule has 1 aromatic carbocycles. The highest BCUT2D eigenvalue weighted by atomic mass is 16.2. The van der Waals surface area contributed by atoms with Crippen molar-refractivity contribution >= 4 is 11.7 Å². The minimum atomic E-state index is -0.00279. The predicted molar refractivity (Wildman–Crippen MR) is 107 cm³/mol. The average molecular weight is 365 g/mol. The first-order valence-electron chi connectivity index (χ1n) is 9.56. The number of nitrogens with zero attached hydrogens (tertiary/aromatic N) is 5. The maximum absolute atomic E-state index is 13.1. The van der Waals surface area contributed by atoms with Crippen LogP contribution in [-0.4, -0.2) is 72.0 Å². The summed E-state index contributed by atoms with van der Waals surface area (Å²) in [5.74, 6) is 1.16. The van der Waals surface area contributed by atoms with Crippen molar-refractivity contribution in [1.82, 2.24) is 19.7 Å². The summed E-state index contributed by atoms with van der Waals surface area (Å²) in [6, 6.07) is 14.1. The van der Waals surface area contributed by atoms with Gasteiger partial charge in [0, 0.05) is 43.5 Å². The second-order valence-corrected chi connectivity index (χ2v) is 7.48. The van der Waals surface area contributed by atoms with Crippen LogP contribution in [-0.2, 0) is 0 Å². The molecule has 1 fully saturated rings. The van der Waals surface area contributed by atoms with Gasteiger partial charge in [0.15, 0.2) is 0 Å². The molecule has 0 N–H and O–H groups in total. The Morgan fingerprint density at radius 3 is 2.41 bits per heavy atom. The summed E-state index contributed by atoms with van der Waals surface area (Å²) in [5.41, 5.74) is 1.96. The van der Waals surface area contributed by atoms with Gasteiger partial charge in [0.2, 0.25) is 0 Å². The first-order valence-corrected chi connectivity index (χ1v) is 9.56. The number of hydrogen-bond acceptors (Lipinski definition) is 5. The van der Waals surface area contributed by atoms with E-state index in [4.69, 9.17) is 0 Å². The molecule has 2 aliphatic rings. The Kier molecular flexibility index (Phi) is 4.85. The number of piperazine rings is 1. The SMILES string of the molecule is CC(N(C)C)N1C(=O)c2ccccc2C1N1CCN(c2ccccn2)CC1. The first-order chi connectivity index (χ1) is 13.1. The highest BCUT2D eigenvalue weighted by molar-refractivity contribution is 5.99. The Balaban J connectivity index is 1.58. The monoisotopic (exact) mass is 365 g/mol. The van der Waals surface area contributed by atoms with Gasteiger partial charge in [-0.05, 0) is 39.2 Å². The van der Waals surface area contributed by atoms with Gasteiger partial charge in [0.1, 0.15) is 12.0 Å². The lowest BCUT2D eigenvalue weighted by Gasteiger charge is -2.44. The second kappa shape index (κ2) is 7.29. The molecule has 6 heteroatoms. The number of rotatable bonds is 4. The zero-order valence-corrected chi connectivity index (χ0v) is 16.2. The van der Waals surface area contributed by atoms with Crippen LogP contribution in [0.2, 0.25) is 0 Å². The predicted octanol–water partition coefficient (Wildman–Crippen LogP) is 2.27. The van der Waals surface area contributed by atoms with Crippen LogP contribution in [0.25, 0.3) is 0 Å². The molecule has 2 atom stereocenters. The molecule has 27 heavy (non-hydrogen) atoms. The Labute approximate surface area is 161 Å². The van der Waals surface area contributed by atoms with Crippen molar-refractivity contribution in [2.75, 3.05) is 45.2 Å². The molecule has 1 aromatic heterocycles. The molecule has 0 spiro atoms. The molecule has 4 rings (SSSR count). The molecular formula is C21H27N5O. The van der Waals surface area contributed by atoms with Gasteiger partial charge >= 0.3 is 0 Å². The lowest BCUT2D eigenvalue weighted by molar-refractivity contribution is -0.00812. The zero-order valence-electron chi connectivity index (χ0n) is 16.2. The molecule has 142 valence electrons.